The molecule has 8 saturated carbocycles. The molecule has 0 unspecified atom stereocenters. The standard InChI is InChI=1S/C28H31.C26H27.C2H6Si.2ClH.Zr/c1-18(2)24-13-23-4-3-5-26(27(23)14-24)22-6-8-25(9-7-22)28-15-19-10-20(16-28)12-21(11-19)17-28;1-17-9-22-3-2-4-24(25(22)10-17)21-5-7-23(8-6-21)26-14-18-11-19(15-26)13-20(12-18)16-26;1-3-2;;;/h3-9,13-14,18-21H,10-12,15-17H2,1-2H3;2-10,18-20H,11-16H2,1H3;1-2H3;2*1H;/q2*-1;;;;+4/p-2. The van der Waals surface area contributed by atoms with Crippen LogP contribution in [0.1, 0.15) is 119 Å². The predicted molar refractivity (Wildman–Crippen MR) is 258 cm³/mol. The summed E-state index contributed by atoms with van der Waals surface area (Å²) in [5, 5.41) is 5.55. The summed E-state index contributed by atoms with van der Waals surface area (Å²) in [6.45, 7) is 11.1. The van der Waals surface area contributed by atoms with Crippen molar-refractivity contribution in [1.29, 1.82) is 0 Å². The molecule has 0 aliphatic heterocycles. The Morgan fingerprint density at radius 1 is 0.550 bits per heavy atom. The number of halogens is 2. The summed E-state index contributed by atoms with van der Waals surface area (Å²) in [6, 6.07) is 42.4. The number of hydrogen-bond donors (Lipinski definition) is 0. The fraction of sp³-hybridized carbons (Fsp3) is 0.464. The van der Waals surface area contributed by atoms with E-state index in [0.29, 0.717) is 16.7 Å². The van der Waals surface area contributed by atoms with Gasteiger partial charge in [0.2, 0.25) is 0 Å². The Balaban J connectivity index is 0.000000137. The average Bonchev–Trinajstić information content (AvgIpc) is 3.85. The van der Waals surface area contributed by atoms with Crippen LogP contribution in [0.5, 0.6) is 0 Å². The zero-order valence-electron chi connectivity index (χ0n) is 36.7. The van der Waals surface area contributed by atoms with Gasteiger partial charge in [0, 0.05) is 9.52 Å². The average molecular weight is 927 g/mol. The van der Waals surface area contributed by atoms with Gasteiger partial charge < -0.3 is 0 Å². The first-order chi connectivity index (χ1) is 29.1. The van der Waals surface area contributed by atoms with Gasteiger partial charge in [0.05, 0.1) is 0 Å². The minimum absolute atomic E-state index is 0.504. The zero-order valence-corrected chi connectivity index (χ0v) is 41.6. The third kappa shape index (κ3) is 8.57. The molecule has 0 amide bonds. The van der Waals surface area contributed by atoms with Crippen molar-refractivity contribution < 1.29 is 20.8 Å². The van der Waals surface area contributed by atoms with E-state index in [1.54, 1.807) is 11.1 Å². The van der Waals surface area contributed by atoms with Crippen molar-refractivity contribution in [2.45, 2.75) is 128 Å². The second kappa shape index (κ2) is 18.1. The van der Waals surface area contributed by atoms with Crippen molar-refractivity contribution in [3.8, 4) is 22.3 Å². The number of hydrogen-bond acceptors (Lipinski definition) is 0. The topological polar surface area (TPSA) is 0 Å². The van der Waals surface area contributed by atoms with E-state index in [4.69, 9.17) is 17.0 Å². The number of fused-ring (bicyclic) bond motifs is 2. The number of benzene rings is 4. The van der Waals surface area contributed by atoms with Crippen LogP contribution in [-0.2, 0) is 31.7 Å². The summed E-state index contributed by atoms with van der Waals surface area (Å²) in [5.74, 6) is 6.67. The Morgan fingerprint density at radius 3 is 1.27 bits per heavy atom. The number of rotatable bonds is 5. The summed E-state index contributed by atoms with van der Waals surface area (Å²) in [6.07, 6.45) is 17.9. The van der Waals surface area contributed by atoms with Crippen molar-refractivity contribution in [1.82, 2.24) is 0 Å². The molecule has 0 heterocycles. The van der Waals surface area contributed by atoms with Crippen LogP contribution >= 0.6 is 17.0 Å². The molecule has 0 atom stereocenters. The normalized spacial score (nSPS) is 29.1. The fourth-order valence-corrected chi connectivity index (χ4v) is 14.4. The Bertz CT molecular complexity index is 2310. The Kier molecular flexibility index (Phi) is 13.0. The van der Waals surface area contributed by atoms with Crippen LogP contribution < -0.4 is 0 Å². The second-order valence-electron chi connectivity index (χ2n) is 20.7. The van der Waals surface area contributed by atoms with Crippen LogP contribution in [0.15, 0.2) is 109 Å². The molecule has 310 valence electrons. The molecule has 0 aromatic heterocycles. The molecule has 0 saturated heterocycles. The second-order valence-corrected chi connectivity index (χ2v) is 25.4. The fourth-order valence-electron chi connectivity index (χ4n) is 14.4. The van der Waals surface area contributed by atoms with Gasteiger partial charge in [-0.2, -0.15) is 12.1 Å². The van der Waals surface area contributed by atoms with E-state index in [1.165, 1.54) is 132 Å². The molecular weight excluding hydrogens is 863 g/mol. The van der Waals surface area contributed by atoms with Crippen LogP contribution in [-0.4, -0.2) is 9.52 Å². The first kappa shape index (κ1) is 43.1. The molecule has 0 nitrogen and oxygen atoms in total. The Hall–Kier alpha value is -2.22. The summed E-state index contributed by atoms with van der Waals surface area (Å²) in [5.41, 5.74) is 12.6. The molecule has 14 rings (SSSR count). The van der Waals surface area contributed by atoms with Gasteiger partial charge in [-0.1, -0.05) is 106 Å². The third-order valence-electron chi connectivity index (χ3n) is 16.0. The molecule has 6 aromatic carbocycles. The summed E-state index contributed by atoms with van der Waals surface area (Å²) >= 11 is -0.826. The molecule has 4 heteroatoms. The van der Waals surface area contributed by atoms with Gasteiger partial charge in [-0.15, -0.1) is 69.1 Å². The van der Waals surface area contributed by atoms with Crippen molar-refractivity contribution >= 4 is 48.1 Å². The molecule has 0 N–H and O–H groups in total. The van der Waals surface area contributed by atoms with Crippen molar-refractivity contribution in [3.63, 3.8) is 0 Å². The van der Waals surface area contributed by atoms with Crippen molar-refractivity contribution in [3.05, 3.63) is 131 Å². The predicted octanol–water partition coefficient (Wildman–Crippen LogP) is 17.0. The molecule has 6 aromatic rings. The van der Waals surface area contributed by atoms with E-state index in [-0.39, 0.29) is 0 Å². The van der Waals surface area contributed by atoms with Gasteiger partial charge in [0.15, 0.2) is 0 Å². The van der Waals surface area contributed by atoms with Crippen molar-refractivity contribution in [2.75, 3.05) is 0 Å². The van der Waals surface area contributed by atoms with E-state index in [0.717, 1.165) is 45.0 Å². The number of aryl methyl sites for hydroxylation is 1. The summed E-state index contributed by atoms with van der Waals surface area (Å²) < 4.78 is 0. The Morgan fingerprint density at radius 2 is 0.900 bits per heavy atom. The van der Waals surface area contributed by atoms with E-state index < -0.39 is 20.8 Å². The monoisotopic (exact) mass is 924 g/mol. The van der Waals surface area contributed by atoms with Crippen LogP contribution in [0.25, 0.3) is 43.8 Å². The molecule has 0 spiro atoms. The minimum atomic E-state index is -0.826. The van der Waals surface area contributed by atoms with Gasteiger partial charge in [0.25, 0.3) is 0 Å². The van der Waals surface area contributed by atoms with Crippen LogP contribution in [0.3, 0.4) is 0 Å². The van der Waals surface area contributed by atoms with Gasteiger partial charge in [-0.25, -0.2) is 0 Å². The molecule has 8 bridgehead atoms. The zero-order chi connectivity index (χ0) is 41.6. The van der Waals surface area contributed by atoms with Crippen LogP contribution in [0.2, 0.25) is 13.1 Å². The summed E-state index contributed by atoms with van der Waals surface area (Å²) in [4.78, 5) is 0. The van der Waals surface area contributed by atoms with Gasteiger partial charge in [-0.05, 0) is 152 Å². The Labute approximate surface area is 382 Å². The third-order valence-corrected chi connectivity index (χ3v) is 16.0. The maximum atomic E-state index is 4.93. The molecule has 2 radical (unpaired) electrons. The molecule has 8 fully saturated rings. The molecule has 8 aliphatic carbocycles. The van der Waals surface area contributed by atoms with E-state index in [9.17, 15) is 0 Å². The van der Waals surface area contributed by atoms with Gasteiger partial charge in [0.1, 0.15) is 0 Å². The molecule has 8 aliphatic rings. The van der Waals surface area contributed by atoms with Crippen LogP contribution in [0.4, 0.5) is 0 Å². The van der Waals surface area contributed by atoms with Crippen LogP contribution in [0, 0.1) is 42.4 Å². The quantitative estimate of drug-likeness (QED) is 0.119. The summed E-state index contributed by atoms with van der Waals surface area (Å²) in [7, 11) is 11.0. The van der Waals surface area contributed by atoms with E-state index in [2.05, 4.69) is 143 Å². The van der Waals surface area contributed by atoms with Gasteiger partial charge >= 0.3 is 37.9 Å². The van der Waals surface area contributed by atoms with E-state index >= 15 is 0 Å². The SMILES string of the molecule is CC(C)c1cc2c(-c3ccc(C45CC6CC(CC(C6)C4)C5)cc3)cccc2[cH-]1.C[Si]C.Cc1cc2c(-c3ccc(C45CC6CC(CC(C6)C4)C5)cc3)cccc2[cH-]1.[Cl][Zr+2][Cl]. The maximum absolute atomic E-state index is 4.93. The molecular formula is C56H64Cl2SiZr. The van der Waals surface area contributed by atoms with Gasteiger partial charge in [-0.3, -0.25) is 0 Å². The first-order valence-corrected chi connectivity index (χ1v) is 31.6. The first-order valence-electron chi connectivity index (χ1n) is 23.2. The van der Waals surface area contributed by atoms with Crippen molar-refractivity contribution in [2.24, 2.45) is 35.5 Å². The van der Waals surface area contributed by atoms with E-state index in [1.807, 2.05) is 0 Å². The molecule has 60 heavy (non-hydrogen) atoms.